The van der Waals surface area contributed by atoms with E-state index in [-0.39, 0.29) is 0 Å². The molecule has 0 amide bonds. The molecular weight excluding hydrogens is 312 g/mol. The Labute approximate surface area is 121 Å². The molecule has 0 bridgehead atoms. The second kappa shape index (κ2) is 4.73. The quantitative estimate of drug-likeness (QED) is 0.672. The van der Waals surface area contributed by atoms with Gasteiger partial charge in [0.1, 0.15) is 26.4 Å². The zero-order valence-corrected chi connectivity index (χ0v) is 12.4. The first-order valence-electron chi connectivity index (χ1n) is 5.35. The van der Waals surface area contributed by atoms with Crippen LogP contribution >= 0.6 is 47.0 Å². The van der Waals surface area contributed by atoms with Gasteiger partial charge in [0.25, 0.3) is 0 Å². The van der Waals surface area contributed by atoms with E-state index in [9.17, 15) is 0 Å². The van der Waals surface area contributed by atoms with Crippen molar-refractivity contribution in [1.29, 1.82) is 0 Å². The molecule has 4 heterocycles. The molecule has 0 saturated heterocycles. The monoisotopic (exact) mass is 320 g/mol. The van der Waals surface area contributed by atoms with Crippen LogP contribution in [0.2, 0.25) is 0 Å². The highest BCUT2D eigenvalue weighted by atomic mass is 32.2. The van der Waals surface area contributed by atoms with E-state index in [0.29, 0.717) is 26.4 Å². The first-order valence-corrected chi connectivity index (χ1v) is 8.62. The van der Waals surface area contributed by atoms with Gasteiger partial charge in [0.2, 0.25) is 20.4 Å². The molecule has 0 fully saturated rings. The zero-order chi connectivity index (χ0) is 11.9. The number of hydrogen-bond acceptors (Lipinski definition) is 8. The predicted octanol–water partition coefficient (Wildman–Crippen LogP) is 3.42. The molecule has 4 aliphatic heterocycles. The standard InChI is InChI=1S/C10H8O4S4/c1-2-12-6-5(11-1)15-9(16-6)10-17-7-8(18-10)14-4-3-13-7/h1-4H2. The molecule has 0 unspecified atom stereocenters. The second-order valence-electron chi connectivity index (χ2n) is 3.53. The Balaban J connectivity index is 1.54. The molecule has 0 aromatic heterocycles. The van der Waals surface area contributed by atoms with Crippen LogP contribution in [0.15, 0.2) is 28.8 Å². The minimum atomic E-state index is 0.635. The normalized spacial score (nSPS) is 26.2. The van der Waals surface area contributed by atoms with Crippen LogP contribution in [0.5, 0.6) is 0 Å². The van der Waals surface area contributed by atoms with Crippen molar-refractivity contribution in [2.45, 2.75) is 0 Å². The van der Waals surface area contributed by atoms with Crippen molar-refractivity contribution in [3.63, 3.8) is 0 Å². The minimum absolute atomic E-state index is 0.635. The lowest BCUT2D eigenvalue weighted by Gasteiger charge is -2.13. The molecule has 8 heteroatoms. The maximum Gasteiger partial charge on any atom is 0.208 e. The van der Waals surface area contributed by atoms with Gasteiger partial charge < -0.3 is 18.9 Å². The maximum absolute atomic E-state index is 5.58. The summed E-state index contributed by atoms with van der Waals surface area (Å²) in [5.74, 6) is 0. The molecule has 4 aliphatic rings. The fourth-order valence-electron chi connectivity index (χ4n) is 1.60. The maximum atomic E-state index is 5.58. The van der Waals surface area contributed by atoms with Crippen LogP contribution in [-0.4, -0.2) is 26.4 Å². The van der Waals surface area contributed by atoms with Gasteiger partial charge in [0.05, 0.1) is 8.47 Å². The van der Waals surface area contributed by atoms with E-state index in [2.05, 4.69) is 0 Å². The van der Waals surface area contributed by atoms with E-state index in [1.54, 1.807) is 47.0 Å². The predicted molar refractivity (Wildman–Crippen MR) is 75.3 cm³/mol. The van der Waals surface area contributed by atoms with Crippen molar-refractivity contribution < 1.29 is 18.9 Å². The Morgan fingerprint density at radius 3 is 1.06 bits per heavy atom. The fraction of sp³-hybridized carbons (Fsp3) is 0.400. The van der Waals surface area contributed by atoms with Crippen LogP contribution in [-0.2, 0) is 18.9 Å². The minimum Gasteiger partial charge on any atom is -0.480 e. The van der Waals surface area contributed by atoms with E-state index >= 15 is 0 Å². The van der Waals surface area contributed by atoms with E-state index in [0.717, 1.165) is 20.4 Å². The summed E-state index contributed by atoms with van der Waals surface area (Å²) in [4.78, 5) is 0. The summed E-state index contributed by atoms with van der Waals surface area (Å²) in [7, 11) is 0. The molecule has 96 valence electrons. The Bertz CT molecular complexity index is 412. The molecule has 4 nitrogen and oxygen atoms in total. The Morgan fingerprint density at radius 2 is 0.778 bits per heavy atom. The van der Waals surface area contributed by atoms with Crippen LogP contribution in [0.3, 0.4) is 0 Å². The largest absolute Gasteiger partial charge is 0.480 e. The summed E-state index contributed by atoms with van der Waals surface area (Å²) in [5, 5.41) is 3.56. The zero-order valence-electron chi connectivity index (χ0n) is 9.09. The van der Waals surface area contributed by atoms with Crippen LogP contribution in [0, 0.1) is 0 Å². The number of thioether (sulfide) groups is 4. The van der Waals surface area contributed by atoms with Crippen LogP contribution in [0.1, 0.15) is 0 Å². The van der Waals surface area contributed by atoms with Crippen LogP contribution in [0.25, 0.3) is 0 Å². The first kappa shape index (κ1) is 11.6. The van der Waals surface area contributed by atoms with Gasteiger partial charge in [-0.25, -0.2) is 0 Å². The van der Waals surface area contributed by atoms with Crippen LogP contribution in [0.4, 0.5) is 0 Å². The number of ether oxygens (including phenoxy) is 4. The van der Waals surface area contributed by atoms with Gasteiger partial charge in [0, 0.05) is 0 Å². The van der Waals surface area contributed by atoms with E-state index in [1.807, 2.05) is 0 Å². The third-order valence-electron chi connectivity index (χ3n) is 2.34. The molecule has 18 heavy (non-hydrogen) atoms. The van der Waals surface area contributed by atoms with Crippen molar-refractivity contribution in [3.05, 3.63) is 28.8 Å². The molecule has 0 aliphatic carbocycles. The highest BCUT2D eigenvalue weighted by molar-refractivity contribution is 8.34. The molecule has 0 aromatic carbocycles. The van der Waals surface area contributed by atoms with Crippen molar-refractivity contribution in [2.75, 3.05) is 26.4 Å². The third-order valence-corrected chi connectivity index (χ3v) is 7.63. The van der Waals surface area contributed by atoms with Gasteiger partial charge >= 0.3 is 0 Å². The molecule has 0 radical (unpaired) electrons. The Kier molecular flexibility index (Phi) is 3.06. The van der Waals surface area contributed by atoms with Gasteiger partial charge in [0.15, 0.2) is 0 Å². The molecule has 4 rings (SSSR count). The van der Waals surface area contributed by atoms with E-state index in [1.165, 1.54) is 8.47 Å². The summed E-state index contributed by atoms with van der Waals surface area (Å²) < 4.78 is 24.7. The lowest BCUT2D eigenvalue weighted by molar-refractivity contribution is 0.0949. The van der Waals surface area contributed by atoms with E-state index < -0.39 is 0 Å². The lowest BCUT2D eigenvalue weighted by Crippen LogP contribution is -2.08. The molecular formula is C10H8O4S4. The topological polar surface area (TPSA) is 36.9 Å². The van der Waals surface area contributed by atoms with Gasteiger partial charge in [-0.2, -0.15) is 0 Å². The van der Waals surface area contributed by atoms with Crippen molar-refractivity contribution in [3.8, 4) is 0 Å². The first-order chi connectivity index (χ1) is 8.90. The van der Waals surface area contributed by atoms with Crippen molar-refractivity contribution >= 4 is 47.0 Å². The highest BCUT2D eigenvalue weighted by Crippen LogP contribution is 2.61. The van der Waals surface area contributed by atoms with Gasteiger partial charge in [-0.1, -0.05) is 0 Å². The highest BCUT2D eigenvalue weighted by Gasteiger charge is 2.35. The van der Waals surface area contributed by atoms with Gasteiger partial charge in [-0.05, 0) is 47.0 Å². The van der Waals surface area contributed by atoms with E-state index in [4.69, 9.17) is 18.9 Å². The number of hydrogen-bond donors (Lipinski definition) is 0. The summed E-state index contributed by atoms with van der Waals surface area (Å²) in [5.41, 5.74) is 0. The molecule has 0 saturated carbocycles. The van der Waals surface area contributed by atoms with Crippen LogP contribution < -0.4 is 0 Å². The SMILES string of the molecule is C1COC2=C(O1)SC(=C1SC3=C(OCCO3)S1)S2. The second-order valence-corrected chi connectivity index (χ2v) is 7.98. The third kappa shape index (κ3) is 1.99. The fourth-order valence-corrected chi connectivity index (χ4v) is 6.49. The summed E-state index contributed by atoms with van der Waals surface area (Å²) in [6, 6.07) is 0. The molecule has 0 N–H and O–H groups in total. The Hall–Kier alpha value is -0.180. The van der Waals surface area contributed by atoms with Gasteiger partial charge in [-0.3, -0.25) is 0 Å². The van der Waals surface area contributed by atoms with Gasteiger partial charge in [-0.15, -0.1) is 0 Å². The smallest absolute Gasteiger partial charge is 0.208 e. The summed E-state index contributed by atoms with van der Waals surface area (Å²) in [6.45, 7) is 2.54. The molecule has 0 aromatic rings. The number of rotatable bonds is 0. The Morgan fingerprint density at radius 1 is 0.500 bits per heavy atom. The summed E-state index contributed by atoms with van der Waals surface area (Å²) >= 11 is 6.53. The molecule has 0 spiro atoms. The van der Waals surface area contributed by atoms with Crippen molar-refractivity contribution in [2.24, 2.45) is 0 Å². The average Bonchev–Trinajstić information content (AvgIpc) is 3.02. The molecule has 0 atom stereocenters. The lowest BCUT2D eigenvalue weighted by atomic mass is 10.7. The average molecular weight is 320 g/mol. The van der Waals surface area contributed by atoms with Crippen molar-refractivity contribution in [1.82, 2.24) is 0 Å². The summed E-state index contributed by atoms with van der Waals surface area (Å²) in [6.07, 6.45) is 0.